The molecule has 27 heavy (non-hydrogen) atoms. The highest BCUT2D eigenvalue weighted by Crippen LogP contribution is 2.17. The van der Waals surface area contributed by atoms with Crippen LogP contribution in [0.1, 0.15) is 13.8 Å². The first-order valence-corrected chi connectivity index (χ1v) is 10.9. The molecule has 8 nitrogen and oxygen atoms in total. The van der Waals surface area contributed by atoms with Gasteiger partial charge in [0.25, 0.3) is 0 Å². The zero-order chi connectivity index (χ0) is 19.9. The zero-order valence-corrected chi connectivity index (χ0v) is 17.0. The molecule has 1 aromatic rings. The lowest BCUT2D eigenvalue weighted by atomic mass is 10.3. The fraction of sp³-hybridized carbons (Fsp3) is 0.611. The van der Waals surface area contributed by atoms with E-state index in [4.69, 9.17) is 9.47 Å². The summed E-state index contributed by atoms with van der Waals surface area (Å²) in [5.74, 6) is 0.339. The maximum Gasteiger partial charge on any atom is 0.239 e. The van der Waals surface area contributed by atoms with Crippen LogP contribution in [0.2, 0.25) is 0 Å². The SMILES string of the molecule is CC(C)Oc1ccc(NC(=O)CN(CCN2CCOCC2)S(C)(=O)=O)cc1. The van der Waals surface area contributed by atoms with E-state index < -0.39 is 10.0 Å². The van der Waals surface area contributed by atoms with Crippen LogP contribution < -0.4 is 10.1 Å². The molecule has 0 bridgehead atoms. The Balaban J connectivity index is 1.89. The summed E-state index contributed by atoms with van der Waals surface area (Å²) in [4.78, 5) is 14.4. The third kappa shape index (κ3) is 7.84. The number of hydrogen-bond acceptors (Lipinski definition) is 6. The first kappa shape index (κ1) is 21.6. The Labute approximate surface area is 161 Å². The number of sulfonamides is 1. The second kappa shape index (κ2) is 10.0. The molecule has 1 fully saturated rings. The van der Waals surface area contributed by atoms with E-state index >= 15 is 0 Å². The molecule has 1 saturated heterocycles. The molecule has 1 aliphatic heterocycles. The van der Waals surface area contributed by atoms with Crippen LogP contribution in [0.5, 0.6) is 5.75 Å². The number of benzene rings is 1. The fourth-order valence-corrected chi connectivity index (χ4v) is 3.45. The van der Waals surface area contributed by atoms with Crippen molar-refractivity contribution in [1.82, 2.24) is 9.21 Å². The van der Waals surface area contributed by atoms with Gasteiger partial charge in [0.05, 0.1) is 32.1 Å². The van der Waals surface area contributed by atoms with Crippen molar-refractivity contribution in [2.45, 2.75) is 20.0 Å². The van der Waals surface area contributed by atoms with E-state index in [0.29, 0.717) is 31.2 Å². The van der Waals surface area contributed by atoms with Gasteiger partial charge >= 0.3 is 0 Å². The van der Waals surface area contributed by atoms with E-state index in [1.165, 1.54) is 4.31 Å². The molecule has 0 radical (unpaired) electrons. The average Bonchev–Trinajstić information content (AvgIpc) is 2.60. The van der Waals surface area contributed by atoms with Crippen LogP contribution in [0.15, 0.2) is 24.3 Å². The molecule has 0 saturated carbocycles. The molecule has 1 heterocycles. The van der Waals surface area contributed by atoms with Crippen LogP contribution in [-0.4, -0.2) is 81.8 Å². The summed E-state index contributed by atoms with van der Waals surface area (Å²) in [6.07, 6.45) is 1.19. The lowest BCUT2D eigenvalue weighted by Gasteiger charge is -2.29. The molecule has 0 atom stereocenters. The van der Waals surface area contributed by atoms with Gasteiger partial charge in [0.15, 0.2) is 0 Å². The molecule has 0 spiro atoms. The van der Waals surface area contributed by atoms with Crippen LogP contribution in [0, 0.1) is 0 Å². The predicted molar refractivity (Wildman–Crippen MR) is 105 cm³/mol. The number of amides is 1. The second-order valence-electron chi connectivity index (χ2n) is 6.79. The van der Waals surface area contributed by atoms with Crippen molar-refractivity contribution >= 4 is 21.6 Å². The van der Waals surface area contributed by atoms with Gasteiger partial charge in [0.1, 0.15) is 5.75 Å². The van der Waals surface area contributed by atoms with Crippen LogP contribution in [0.3, 0.4) is 0 Å². The number of carbonyl (C=O) groups is 1. The minimum atomic E-state index is -3.48. The minimum absolute atomic E-state index is 0.0697. The molecule has 0 aliphatic carbocycles. The van der Waals surface area contributed by atoms with Gasteiger partial charge in [-0.1, -0.05) is 0 Å². The Hall–Kier alpha value is -1.68. The van der Waals surface area contributed by atoms with Crippen molar-refractivity contribution in [3.05, 3.63) is 24.3 Å². The predicted octanol–water partition coefficient (Wildman–Crippen LogP) is 1.01. The maximum absolute atomic E-state index is 12.3. The minimum Gasteiger partial charge on any atom is -0.491 e. The van der Waals surface area contributed by atoms with E-state index in [1.807, 2.05) is 13.8 Å². The molecule has 0 unspecified atom stereocenters. The first-order chi connectivity index (χ1) is 12.7. The lowest BCUT2D eigenvalue weighted by molar-refractivity contribution is -0.116. The Kier molecular flexibility index (Phi) is 8.03. The van der Waals surface area contributed by atoms with Crippen molar-refractivity contribution in [1.29, 1.82) is 0 Å². The summed E-state index contributed by atoms with van der Waals surface area (Å²) in [5, 5.41) is 2.73. The van der Waals surface area contributed by atoms with E-state index in [1.54, 1.807) is 24.3 Å². The molecular weight excluding hydrogens is 370 g/mol. The maximum atomic E-state index is 12.3. The number of morpholine rings is 1. The summed E-state index contributed by atoms with van der Waals surface area (Å²) in [6.45, 7) is 7.35. The molecule has 1 amide bonds. The van der Waals surface area contributed by atoms with Gasteiger partial charge in [0, 0.05) is 31.9 Å². The Morgan fingerprint density at radius 3 is 2.44 bits per heavy atom. The highest BCUT2D eigenvalue weighted by Gasteiger charge is 2.21. The van der Waals surface area contributed by atoms with E-state index in [9.17, 15) is 13.2 Å². The average molecular weight is 400 g/mol. The van der Waals surface area contributed by atoms with Crippen molar-refractivity contribution < 1.29 is 22.7 Å². The van der Waals surface area contributed by atoms with E-state index in [0.717, 1.165) is 19.3 Å². The molecule has 1 N–H and O–H groups in total. The Bertz CT molecular complexity index is 700. The fourth-order valence-electron chi connectivity index (χ4n) is 2.69. The zero-order valence-electron chi connectivity index (χ0n) is 16.2. The van der Waals surface area contributed by atoms with Gasteiger partial charge in [-0.25, -0.2) is 8.42 Å². The summed E-state index contributed by atoms with van der Waals surface area (Å²) in [7, 11) is -3.48. The first-order valence-electron chi connectivity index (χ1n) is 9.06. The van der Waals surface area contributed by atoms with Gasteiger partial charge in [-0.15, -0.1) is 0 Å². The number of ether oxygens (including phenoxy) is 2. The Morgan fingerprint density at radius 2 is 1.89 bits per heavy atom. The molecule has 152 valence electrons. The van der Waals surface area contributed by atoms with Gasteiger partial charge in [-0.05, 0) is 38.1 Å². The summed E-state index contributed by atoms with van der Waals surface area (Å²) >= 11 is 0. The molecule has 1 aromatic carbocycles. The van der Waals surface area contributed by atoms with Crippen LogP contribution in [0.4, 0.5) is 5.69 Å². The summed E-state index contributed by atoms with van der Waals surface area (Å²) in [6, 6.07) is 6.99. The number of anilines is 1. The van der Waals surface area contributed by atoms with Crippen molar-refractivity contribution in [2.24, 2.45) is 0 Å². The Morgan fingerprint density at radius 1 is 1.26 bits per heavy atom. The van der Waals surface area contributed by atoms with Gasteiger partial charge < -0.3 is 14.8 Å². The number of nitrogens with zero attached hydrogens (tertiary/aromatic N) is 2. The van der Waals surface area contributed by atoms with Gasteiger partial charge in [-0.3, -0.25) is 9.69 Å². The second-order valence-corrected chi connectivity index (χ2v) is 8.77. The lowest BCUT2D eigenvalue weighted by Crippen LogP contribution is -2.45. The number of nitrogens with one attached hydrogen (secondary N) is 1. The summed E-state index contributed by atoms with van der Waals surface area (Å²) < 4.78 is 36.1. The monoisotopic (exact) mass is 399 g/mol. The van der Waals surface area contributed by atoms with Gasteiger partial charge in [0.2, 0.25) is 15.9 Å². The molecule has 9 heteroatoms. The van der Waals surface area contributed by atoms with Crippen LogP contribution >= 0.6 is 0 Å². The van der Waals surface area contributed by atoms with Crippen LogP contribution in [0.25, 0.3) is 0 Å². The normalized spacial score (nSPS) is 15.9. The van der Waals surface area contributed by atoms with Crippen molar-refractivity contribution in [3.8, 4) is 5.75 Å². The molecule has 2 rings (SSSR count). The van der Waals surface area contributed by atoms with E-state index in [2.05, 4.69) is 10.2 Å². The standard InChI is InChI=1S/C18H29N3O5S/c1-15(2)26-17-6-4-16(5-7-17)19-18(22)14-21(27(3,23)24)9-8-20-10-12-25-13-11-20/h4-7,15H,8-14H2,1-3H3,(H,19,22). The smallest absolute Gasteiger partial charge is 0.239 e. The number of hydrogen-bond donors (Lipinski definition) is 1. The third-order valence-corrected chi connectivity index (χ3v) is 5.32. The largest absolute Gasteiger partial charge is 0.491 e. The van der Waals surface area contributed by atoms with Crippen molar-refractivity contribution in [3.63, 3.8) is 0 Å². The molecule has 1 aliphatic rings. The number of carbonyl (C=O) groups excluding carboxylic acids is 1. The molecule has 0 aromatic heterocycles. The topological polar surface area (TPSA) is 88.2 Å². The third-order valence-electron chi connectivity index (χ3n) is 4.07. The highest BCUT2D eigenvalue weighted by atomic mass is 32.2. The van der Waals surface area contributed by atoms with Crippen LogP contribution in [-0.2, 0) is 19.6 Å². The highest BCUT2D eigenvalue weighted by molar-refractivity contribution is 7.88. The van der Waals surface area contributed by atoms with E-state index in [-0.39, 0.29) is 25.1 Å². The van der Waals surface area contributed by atoms with Crippen molar-refractivity contribution in [2.75, 3.05) is 57.5 Å². The molecular formula is C18H29N3O5S. The number of rotatable bonds is 9. The summed E-state index contributed by atoms with van der Waals surface area (Å²) in [5.41, 5.74) is 0.595. The van der Waals surface area contributed by atoms with Gasteiger partial charge in [-0.2, -0.15) is 4.31 Å². The quantitative estimate of drug-likeness (QED) is 0.667.